The van der Waals surface area contributed by atoms with Crippen LogP contribution in [0.5, 0.6) is 0 Å². The minimum absolute atomic E-state index is 0.637. The second kappa shape index (κ2) is 13.5. The number of aromatic nitrogens is 3. The zero-order valence-electron chi connectivity index (χ0n) is 26.1. The van der Waals surface area contributed by atoms with E-state index in [2.05, 4.69) is 109 Å². The number of hydrogen-bond acceptors (Lipinski definition) is 5. The molecule has 1 aromatic heterocycles. The summed E-state index contributed by atoms with van der Waals surface area (Å²) in [5.41, 5.74) is 23.6. The highest BCUT2D eigenvalue weighted by molar-refractivity contribution is 5.67. The maximum absolute atomic E-state index is 6.00. The average Bonchev–Trinajstić information content (AvgIpc) is 3.10. The van der Waals surface area contributed by atoms with Crippen LogP contribution in [-0.2, 0) is 19.3 Å². The third-order valence-corrected chi connectivity index (χ3v) is 8.24. The van der Waals surface area contributed by atoms with Crippen molar-refractivity contribution < 1.29 is 0 Å². The zero-order valence-corrected chi connectivity index (χ0v) is 26.1. The van der Waals surface area contributed by atoms with E-state index in [0.29, 0.717) is 17.5 Å². The van der Waals surface area contributed by atoms with Crippen LogP contribution in [0.4, 0.5) is 11.4 Å². The molecule has 0 fully saturated rings. The SMILES string of the molecule is Nc1cccc(Cc2ccc(-c3nc(-c4ccc(Cc5ccccc5)cc4)nc(-c4ccc(Cc5cccc(N)c5)cc4)n3)cc2)c1. The highest BCUT2D eigenvalue weighted by Crippen LogP contribution is 2.27. The van der Waals surface area contributed by atoms with Crippen molar-refractivity contribution in [2.75, 3.05) is 11.5 Å². The van der Waals surface area contributed by atoms with Crippen molar-refractivity contribution in [3.8, 4) is 34.2 Å². The predicted octanol–water partition coefficient (Wildman–Crippen LogP) is 8.81. The van der Waals surface area contributed by atoms with Gasteiger partial charge in [-0.2, -0.15) is 0 Å². The molecule has 0 amide bonds. The second-order valence-corrected chi connectivity index (χ2v) is 11.9. The van der Waals surface area contributed by atoms with Crippen LogP contribution < -0.4 is 11.5 Å². The van der Waals surface area contributed by atoms with Gasteiger partial charge in [-0.15, -0.1) is 0 Å². The van der Waals surface area contributed by atoms with Crippen LogP contribution in [0, 0.1) is 0 Å². The molecule has 7 aromatic rings. The molecule has 0 saturated heterocycles. The molecule has 5 nitrogen and oxygen atoms in total. The number of nitrogens with zero attached hydrogens (tertiary/aromatic N) is 3. The zero-order chi connectivity index (χ0) is 32.0. The topological polar surface area (TPSA) is 90.7 Å². The summed E-state index contributed by atoms with van der Waals surface area (Å²) < 4.78 is 0. The molecule has 1 heterocycles. The summed E-state index contributed by atoms with van der Waals surface area (Å²) in [6, 6.07) is 51.9. The molecule has 0 atom stereocenters. The van der Waals surface area contributed by atoms with E-state index in [0.717, 1.165) is 47.3 Å². The fourth-order valence-corrected chi connectivity index (χ4v) is 5.79. The highest BCUT2D eigenvalue weighted by atomic mass is 15.0. The molecule has 228 valence electrons. The Morgan fingerprint density at radius 1 is 0.319 bits per heavy atom. The Morgan fingerprint density at radius 2 is 0.638 bits per heavy atom. The van der Waals surface area contributed by atoms with Gasteiger partial charge in [0.25, 0.3) is 0 Å². The Bertz CT molecular complexity index is 1990. The van der Waals surface area contributed by atoms with Crippen molar-refractivity contribution in [1.29, 1.82) is 0 Å². The van der Waals surface area contributed by atoms with Gasteiger partial charge >= 0.3 is 0 Å². The summed E-state index contributed by atoms with van der Waals surface area (Å²) in [5, 5.41) is 0. The molecule has 0 radical (unpaired) electrons. The van der Waals surface area contributed by atoms with Gasteiger partial charge in [0.05, 0.1) is 0 Å². The molecule has 7 rings (SSSR count). The summed E-state index contributed by atoms with van der Waals surface area (Å²) >= 11 is 0. The van der Waals surface area contributed by atoms with Crippen LogP contribution in [-0.4, -0.2) is 15.0 Å². The van der Waals surface area contributed by atoms with E-state index in [9.17, 15) is 0 Å². The fraction of sp³-hybridized carbons (Fsp3) is 0.0714. The molecule has 47 heavy (non-hydrogen) atoms. The van der Waals surface area contributed by atoms with Gasteiger partial charge in [-0.25, -0.2) is 15.0 Å². The summed E-state index contributed by atoms with van der Waals surface area (Å²) in [6.45, 7) is 0. The van der Waals surface area contributed by atoms with E-state index in [4.69, 9.17) is 26.4 Å². The third kappa shape index (κ3) is 7.43. The van der Waals surface area contributed by atoms with Gasteiger partial charge in [-0.05, 0) is 76.9 Å². The number of nitrogen functional groups attached to an aromatic ring is 2. The first-order valence-corrected chi connectivity index (χ1v) is 15.8. The smallest absolute Gasteiger partial charge is 0.164 e. The lowest BCUT2D eigenvalue weighted by atomic mass is 10.0. The predicted molar refractivity (Wildman–Crippen MR) is 193 cm³/mol. The van der Waals surface area contributed by atoms with Crippen LogP contribution in [0.25, 0.3) is 34.2 Å². The third-order valence-electron chi connectivity index (χ3n) is 8.24. The van der Waals surface area contributed by atoms with Gasteiger partial charge in [-0.1, -0.05) is 127 Å². The number of hydrogen-bond donors (Lipinski definition) is 2. The van der Waals surface area contributed by atoms with Crippen molar-refractivity contribution in [2.45, 2.75) is 19.3 Å². The van der Waals surface area contributed by atoms with Gasteiger partial charge in [0.2, 0.25) is 0 Å². The molecule has 0 aliphatic rings. The van der Waals surface area contributed by atoms with Gasteiger partial charge < -0.3 is 11.5 Å². The average molecular weight is 610 g/mol. The van der Waals surface area contributed by atoms with Gasteiger partial charge in [0.15, 0.2) is 17.5 Å². The highest BCUT2D eigenvalue weighted by Gasteiger charge is 2.13. The van der Waals surface area contributed by atoms with Crippen LogP contribution in [0.15, 0.2) is 152 Å². The lowest BCUT2D eigenvalue weighted by Gasteiger charge is -2.10. The molecule has 5 heteroatoms. The monoisotopic (exact) mass is 609 g/mol. The van der Waals surface area contributed by atoms with Gasteiger partial charge in [0.1, 0.15) is 0 Å². The number of benzene rings is 6. The first-order chi connectivity index (χ1) is 23.0. The normalized spacial score (nSPS) is 11.0. The Morgan fingerprint density at radius 3 is 1.00 bits per heavy atom. The van der Waals surface area contributed by atoms with Crippen LogP contribution in [0.2, 0.25) is 0 Å². The van der Waals surface area contributed by atoms with E-state index < -0.39 is 0 Å². The van der Waals surface area contributed by atoms with E-state index in [1.807, 2.05) is 42.5 Å². The fourth-order valence-electron chi connectivity index (χ4n) is 5.79. The summed E-state index contributed by atoms with van der Waals surface area (Å²) in [4.78, 5) is 14.9. The van der Waals surface area contributed by atoms with Gasteiger partial charge in [-0.3, -0.25) is 0 Å². The number of rotatable bonds is 9. The maximum Gasteiger partial charge on any atom is 0.164 e. The quantitative estimate of drug-likeness (QED) is 0.160. The number of anilines is 2. The molecule has 0 saturated carbocycles. The molecule has 0 spiro atoms. The molecule has 0 aliphatic heterocycles. The standard InChI is InChI=1S/C42H35N5/c43-38-10-4-8-33(27-38)25-31-14-20-36(21-15-31)41-45-40(35-18-12-30(13-19-35)24-29-6-2-1-3-7-29)46-42(47-41)37-22-16-32(17-23-37)26-34-9-5-11-39(44)28-34/h1-23,27-28H,24-26,43-44H2. The molecule has 0 unspecified atom stereocenters. The van der Waals surface area contributed by atoms with Crippen molar-refractivity contribution >= 4 is 11.4 Å². The molecule has 4 N–H and O–H groups in total. The minimum atomic E-state index is 0.637. The van der Waals surface area contributed by atoms with Crippen LogP contribution >= 0.6 is 0 Å². The van der Waals surface area contributed by atoms with E-state index in [-0.39, 0.29) is 0 Å². The molecular formula is C42H35N5. The maximum atomic E-state index is 6.00. The largest absolute Gasteiger partial charge is 0.399 e. The van der Waals surface area contributed by atoms with Crippen molar-refractivity contribution in [3.63, 3.8) is 0 Å². The van der Waals surface area contributed by atoms with Crippen LogP contribution in [0.1, 0.15) is 33.4 Å². The number of nitrogens with two attached hydrogens (primary N) is 2. The Balaban J connectivity index is 1.20. The first-order valence-electron chi connectivity index (χ1n) is 15.8. The Kier molecular flexibility index (Phi) is 8.52. The summed E-state index contributed by atoms with van der Waals surface area (Å²) in [5.74, 6) is 1.92. The lowest BCUT2D eigenvalue weighted by Crippen LogP contribution is -2.01. The first kappa shape index (κ1) is 29.6. The van der Waals surface area contributed by atoms with E-state index in [1.165, 1.54) is 33.4 Å². The Labute approximate surface area is 275 Å². The second-order valence-electron chi connectivity index (χ2n) is 11.9. The van der Waals surface area contributed by atoms with Crippen molar-refractivity contribution in [3.05, 3.63) is 185 Å². The minimum Gasteiger partial charge on any atom is -0.399 e. The molecule has 0 bridgehead atoms. The Hall–Kier alpha value is -6.07. The van der Waals surface area contributed by atoms with Gasteiger partial charge in [0, 0.05) is 28.1 Å². The summed E-state index contributed by atoms with van der Waals surface area (Å²) in [7, 11) is 0. The van der Waals surface area contributed by atoms with Crippen molar-refractivity contribution in [1.82, 2.24) is 15.0 Å². The lowest BCUT2D eigenvalue weighted by molar-refractivity contribution is 1.07. The van der Waals surface area contributed by atoms with Crippen molar-refractivity contribution in [2.24, 2.45) is 0 Å². The molecule has 6 aromatic carbocycles. The summed E-state index contributed by atoms with van der Waals surface area (Å²) in [6.07, 6.45) is 2.48. The molecule has 0 aliphatic carbocycles. The van der Waals surface area contributed by atoms with E-state index >= 15 is 0 Å². The van der Waals surface area contributed by atoms with Crippen LogP contribution in [0.3, 0.4) is 0 Å². The van der Waals surface area contributed by atoms with E-state index in [1.54, 1.807) is 0 Å². The molecular weight excluding hydrogens is 574 g/mol.